The fraction of sp³-hybridized carbons (Fsp3) is 0.120. The van der Waals surface area contributed by atoms with Crippen LogP contribution in [-0.4, -0.2) is 53.1 Å². The van der Waals surface area contributed by atoms with Crippen LogP contribution in [0.25, 0.3) is 0 Å². The number of carbonyl (C=O) groups excluding carboxylic acids is 4. The molecule has 0 saturated heterocycles. The van der Waals surface area contributed by atoms with Gasteiger partial charge in [-0.05, 0) is 54.6 Å². The molecule has 0 aliphatic heterocycles. The van der Waals surface area contributed by atoms with Crippen molar-refractivity contribution in [3.05, 3.63) is 89.0 Å². The van der Waals surface area contributed by atoms with Crippen molar-refractivity contribution >= 4 is 45.2 Å². The number of hydrogen-bond donors (Lipinski definition) is 2. The zero-order valence-corrected chi connectivity index (χ0v) is 21.1. The number of rotatable bonds is 9. The Bertz CT molecular complexity index is 1520. The molecule has 204 valence electrons. The fourth-order valence-corrected chi connectivity index (χ4v) is 4.21. The summed E-state index contributed by atoms with van der Waals surface area (Å²) in [4.78, 5) is 48.0. The highest BCUT2D eigenvalue weighted by molar-refractivity contribution is 7.92. The van der Waals surface area contributed by atoms with Gasteiger partial charge in [-0.2, -0.15) is 0 Å². The standard InChI is InChI=1S/C25H20F2N2O9S/c1-36-23(31)15-8-16(24(32)37-2)11-18(10-15)28-22(30)13-38-25(33)14-4-3-5-17(9-14)29-39(34,35)19-6-7-20(26)21(27)12-19/h3-12,29H,13H2,1-2H3,(H,28,30). The van der Waals surface area contributed by atoms with Gasteiger partial charge in [0, 0.05) is 11.4 Å². The number of benzene rings is 3. The average Bonchev–Trinajstić information content (AvgIpc) is 2.91. The van der Waals surface area contributed by atoms with Crippen LogP contribution in [0.5, 0.6) is 0 Å². The Morgan fingerprint density at radius 2 is 1.36 bits per heavy atom. The van der Waals surface area contributed by atoms with Crippen molar-refractivity contribution in [2.75, 3.05) is 30.9 Å². The molecule has 11 nitrogen and oxygen atoms in total. The molecule has 0 aromatic heterocycles. The Balaban J connectivity index is 1.67. The van der Waals surface area contributed by atoms with Crippen LogP contribution in [0.4, 0.5) is 20.2 Å². The van der Waals surface area contributed by atoms with Gasteiger partial charge in [-0.1, -0.05) is 6.07 Å². The Morgan fingerprint density at radius 1 is 0.744 bits per heavy atom. The molecular formula is C25H20F2N2O9S. The van der Waals surface area contributed by atoms with Crippen molar-refractivity contribution in [3.63, 3.8) is 0 Å². The summed E-state index contributed by atoms with van der Waals surface area (Å²) in [5.74, 6) is -5.94. The van der Waals surface area contributed by atoms with E-state index in [1.165, 1.54) is 36.4 Å². The van der Waals surface area contributed by atoms with Gasteiger partial charge in [-0.15, -0.1) is 0 Å². The quantitative estimate of drug-likeness (QED) is 0.296. The summed E-state index contributed by atoms with van der Waals surface area (Å²) in [7, 11) is -2.05. The van der Waals surface area contributed by atoms with Gasteiger partial charge < -0.3 is 19.5 Å². The average molecular weight is 563 g/mol. The molecule has 0 bridgehead atoms. The zero-order chi connectivity index (χ0) is 28.7. The van der Waals surface area contributed by atoms with E-state index in [0.717, 1.165) is 26.4 Å². The minimum atomic E-state index is -4.32. The molecule has 39 heavy (non-hydrogen) atoms. The SMILES string of the molecule is COC(=O)c1cc(NC(=O)COC(=O)c2cccc(NS(=O)(=O)c3ccc(F)c(F)c3)c2)cc(C(=O)OC)c1. The van der Waals surface area contributed by atoms with Gasteiger partial charge in [0.05, 0.1) is 35.8 Å². The number of anilines is 2. The molecular weight excluding hydrogens is 542 g/mol. The second-order valence-corrected chi connectivity index (χ2v) is 9.35. The number of hydrogen-bond acceptors (Lipinski definition) is 9. The van der Waals surface area contributed by atoms with Gasteiger partial charge in [0.25, 0.3) is 15.9 Å². The van der Waals surface area contributed by atoms with Crippen LogP contribution < -0.4 is 10.0 Å². The first-order chi connectivity index (χ1) is 18.4. The number of methoxy groups -OCH3 is 2. The molecule has 0 spiro atoms. The zero-order valence-electron chi connectivity index (χ0n) is 20.3. The molecule has 3 aromatic carbocycles. The molecule has 14 heteroatoms. The van der Waals surface area contributed by atoms with Crippen LogP contribution in [0.3, 0.4) is 0 Å². The highest BCUT2D eigenvalue weighted by atomic mass is 32.2. The van der Waals surface area contributed by atoms with Gasteiger partial charge in [0.15, 0.2) is 18.2 Å². The Labute approximate surface area is 220 Å². The third kappa shape index (κ3) is 7.35. The summed E-state index contributed by atoms with van der Waals surface area (Å²) < 4.78 is 67.9. The molecule has 1 amide bonds. The van der Waals surface area contributed by atoms with Crippen LogP contribution in [0.1, 0.15) is 31.1 Å². The number of nitrogens with one attached hydrogen (secondary N) is 2. The molecule has 0 aliphatic rings. The normalized spacial score (nSPS) is 10.8. The van der Waals surface area contributed by atoms with E-state index in [4.69, 9.17) is 4.74 Å². The molecule has 0 saturated carbocycles. The second-order valence-electron chi connectivity index (χ2n) is 7.67. The number of halogens is 2. The maximum absolute atomic E-state index is 13.4. The number of sulfonamides is 1. The molecule has 3 rings (SSSR count). The summed E-state index contributed by atoms with van der Waals surface area (Å²) in [6, 6.07) is 10.7. The lowest BCUT2D eigenvalue weighted by molar-refractivity contribution is -0.119. The third-order valence-corrected chi connectivity index (χ3v) is 6.32. The Morgan fingerprint density at radius 3 is 1.95 bits per heavy atom. The Kier molecular flexibility index (Phi) is 8.93. The smallest absolute Gasteiger partial charge is 0.338 e. The van der Waals surface area contributed by atoms with Gasteiger partial charge in [0.1, 0.15) is 0 Å². The summed E-state index contributed by atoms with van der Waals surface area (Å²) in [6.07, 6.45) is 0. The maximum atomic E-state index is 13.4. The molecule has 0 heterocycles. The van der Waals surface area contributed by atoms with Crippen LogP contribution in [-0.2, 0) is 29.0 Å². The summed E-state index contributed by atoms with van der Waals surface area (Å²) in [5, 5.41) is 2.38. The van der Waals surface area contributed by atoms with E-state index in [-0.39, 0.29) is 28.1 Å². The Hall–Kier alpha value is -4.85. The van der Waals surface area contributed by atoms with Crippen LogP contribution in [0, 0.1) is 11.6 Å². The number of carbonyl (C=O) groups is 4. The topological polar surface area (TPSA) is 154 Å². The van der Waals surface area contributed by atoms with E-state index >= 15 is 0 Å². The van der Waals surface area contributed by atoms with Crippen molar-refractivity contribution < 1.29 is 50.6 Å². The molecule has 3 aromatic rings. The largest absolute Gasteiger partial charge is 0.465 e. The van der Waals surface area contributed by atoms with Crippen molar-refractivity contribution in [2.24, 2.45) is 0 Å². The van der Waals surface area contributed by atoms with Gasteiger partial charge in [-0.3, -0.25) is 9.52 Å². The fourth-order valence-electron chi connectivity index (χ4n) is 3.15. The molecule has 2 N–H and O–H groups in total. The lowest BCUT2D eigenvalue weighted by Crippen LogP contribution is -2.21. The van der Waals surface area contributed by atoms with Crippen molar-refractivity contribution in [1.29, 1.82) is 0 Å². The van der Waals surface area contributed by atoms with Gasteiger partial charge >= 0.3 is 17.9 Å². The van der Waals surface area contributed by atoms with Gasteiger partial charge in [-0.25, -0.2) is 31.6 Å². The lowest BCUT2D eigenvalue weighted by atomic mass is 10.1. The van der Waals surface area contributed by atoms with Gasteiger partial charge in [0.2, 0.25) is 0 Å². The van der Waals surface area contributed by atoms with E-state index in [9.17, 15) is 36.4 Å². The molecule has 0 atom stereocenters. The highest BCUT2D eigenvalue weighted by Gasteiger charge is 2.19. The van der Waals surface area contributed by atoms with E-state index in [1.54, 1.807) is 0 Å². The number of ether oxygens (including phenoxy) is 3. The van der Waals surface area contributed by atoms with E-state index in [1.807, 2.05) is 0 Å². The summed E-state index contributed by atoms with van der Waals surface area (Å²) >= 11 is 0. The minimum Gasteiger partial charge on any atom is -0.465 e. The highest BCUT2D eigenvalue weighted by Crippen LogP contribution is 2.20. The van der Waals surface area contributed by atoms with Crippen molar-refractivity contribution in [3.8, 4) is 0 Å². The first kappa shape index (κ1) is 28.7. The monoisotopic (exact) mass is 562 g/mol. The van der Waals surface area contributed by atoms with Crippen LogP contribution >= 0.6 is 0 Å². The van der Waals surface area contributed by atoms with Crippen LogP contribution in [0.2, 0.25) is 0 Å². The van der Waals surface area contributed by atoms with E-state index < -0.39 is 57.0 Å². The maximum Gasteiger partial charge on any atom is 0.338 e. The molecule has 0 aliphatic carbocycles. The second kappa shape index (κ2) is 12.1. The van der Waals surface area contributed by atoms with E-state index in [2.05, 4.69) is 19.5 Å². The van der Waals surface area contributed by atoms with Crippen molar-refractivity contribution in [2.45, 2.75) is 4.90 Å². The predicted molar refractivity (Wildman–Crippen MR) is 132 cm³/mol. The molecule has 0 fully saturated rings. The van der Waals surface area contributed by atoms with Crippen LogP contribution in [0.15, 0.2) is 65.6 Å². The first-order valence-corrected chi connectivity index (χ1v) is 12.3. The molecule has 0 unspecified atom stereocenters. The summed E-state index contributed by atoms with van der Waals surface area (Å²) in [6.45, 7) is -0.778. The number of amides is 1. The van der Waals surface area contributed by atoms with E-state index in [0.29, 0.717) is 12.1 Å². The number of esters is 3. The van der Waals surface area contributed by atoms with Crippen molar-refractivity contribution in [1.82, 2.24) is 0 Å². The molecule has 0 radical (unpaired) electrons. The lowest BCUT2D eigenvalue weighted by Gasteiger charge is -2.11. The minimum absolute atomic E-state index is 0.0213. The third-order valence-electron chi connectivity index (χ3n) is 4.95. The summed E-state index contributed by atoms with van der Waals surface area (Å²) in [5.41, 5.74) is -0.291. The predicted octanol–water partition coefficient (Wildman–Crippen LogP) is 3.13. The first-order valence-electron chi connectivity index (χ1n) is 10.8.